The molecule has 3 aromatic rings. The number of hydroxylamine groups is 2. The van der Waals surface area contributed by atoms with Crippen LogP contribution in [0.25, 0.3) is 0 Å². The van der Waals surface area contributed by atoms with Gasteiger partial charge in [-0.25, -0.2) is 5.06 Å². The van der Waals surface area contributed by atoms with Crippen LogP contribution < -0.4 is 15.6 Å². The molecule has 3 aromatic carbocycles. The van der Waals surface area contributed by atoms with Gasteiger partial charge in [-0.3, -0.25) is 9.63 Å². The van der Waals surface area contributed by atoms with Gasteiger partial charge in [-0.2, -0.15) is 0 Å². The fourth-order valence-corrected chi connectivity index (χ4v) is 8.84. The van der Waals surface area contributed by atoms with E-state index in [2.05, 4.69) is 103 Å². The van der Waals surface area contributed by atoms with Crippen LogP contribution in [0.3, 0.4) is 0 Å². The standard InChI is InChI=1S/C27H29NO2Si/c1-30-28-23(13-11-12-20-27(28)29)21-22-31(24-14-5-2-6-15-24,25-16-7-3-8-17-25)26-18-9-4-10-19-26/h2-10,14-19,21-23H,11-13,20H2,1H3/b22-21+. The molecule has 1 heterocycles. The van der Waals surface area contributed by atoms with Gasteiger partial charge < -0.3 is 0 Å². The number of carbonyl (C=O) groups is 1. The van der Waals surface area contributed by atoms with E-state index in [-0.39, 0.29) is 11.9 Å². The van der Waals surface area contributed by atoms with E-state index in [4.69, 9.17) is 4.84 Å². The first-order valence-electron chi connectivity index (χ1n) is 11.0. The second-order valence-electron chi connectivity index (χ2n) is 7.98. The van der Waals surface area contributed by atoms with Gasteiger partial charge in [0, 0.05) is 6.42 Å². The third kappa shape index (κ3) is 4.41. The highest BCUT2D eigenvalue weighted by Crippen LogP contribution is 2.20. The first-order valence-corrected chi connectivity index (χ1v) is 13.1. The highest BCUT2D eigenvalue weighted by Gasteiger charge is 2.37. The van der Waals surface area contributed by atoms with Crippen molar-refractivity contribution < 1.29 is 9.63 Å². The molecule has 1 atom stereocenters. The van der Waals surface area contributed by atoms with Crippen LogP contribution in [0.15, 0.2) is 103 Å². The van der Waals surface area contributed by atoms with Crippen LogP contribution in [0.5, 0.6) is 0 Å². The summed E-state index contributed by atoms with van der Waals surface area (Å²) in [5, 5.41) is 5.55. The van der Waals surface area contributed by atoms with Crippen molar-refractivity contribution >= 4 is 29.5 Å². The maximum absolute atomic E-state index is 12.6. The summed E-state index contributed by atoms with van der Waals surface area (Å²) in [5.74, 6) is 0.0704. The van der Waals surface area contributed by atoms with E-state index in [0.29, 0.717) is 6.42 Å². The Morgan fingerprint density at radius 3 is 1.74 bits per heavy atom. The van der Waals surface area contributed by atoms with Gasteiger partial charge in [0.25, 0.3) is 0 Å². The minimum absolute atomic E-state index is 0.0528. The maximum Gasteiger partial charge on any atom is 0.246 e. The first-order chi connectivity index (χ1) is 15.3. The molecule has 0 radical (unpaired) electrons. The lowest BCUT2D eigenvalue weighted by atomic mass is 10.1. The molecule has 31 heavy (non-hydrogen) atoms. The smallest absolute Gasteiger partial charge is 0.246 e. The zero-order valence-electron chi connectivity index (χ0n) is 18.0. The molecule has 0 spiro atoms. The molecule has 1 fully saturated rings. The number of benzene rings is 3. The van der Waals surface area contributed by atoms with E-state index in [0.717, 1.165) is 19.3 Å². The van der Waals surface area contributed by atoms with Crippen LogP contribution in [0.4, 0.5) is 0 Å². The molecule has 0 aromatic heterocycles. The van der Waals surface area contributed by atoms with Gasteiger partial charge in [0.15, 0.2) is 8.07 Å². The van der Waals surface area contributed by atoms with Gasteiger partial charge in [-0.15, -0.1) is 0 Å². The first kappa shape index (κ1) is 21.3. The molecule has 0 aliphatic carbocycles. The van der Waals surface area contributed by atoms with Gasteiger partial charge in [0.05, 0.1) is 13.2 Å². The number of carbonyl (C=O) groups excluding carboxylic acids is 1. The summed E-state index contributed by atoms with van der Waals surface area (Å²) in [5.41, 5.74) is 2.41. The van der Waals surface area contributed by atoms with Crippen molar-refractivity contribution in [1.29, 1.82) is 0 Å². The minimum atomic E-state index is -2.46. The topological polar surface area (TPSA) is 29.5 Å². The lowest BCUT2D eigenvalue weighted by Gasteiger charge is -2.32. The molecule has 1 amide bonds. The van der Waals surface area contributed by atoms with E-state index >= 15 is 0 Å². The molecule has 4 heteroatoms. The minimum Gasteiger partial charge on any atom is -0.274 e. The summed E-state index contributed by atoms with van der Waals surface area (Å²) in [6.07, 6.45) is 5.64. The maximum atomic E-state index is 12.6. The summed E-state index contributed by atoms with van der Waals surface area (Å²) in [6, 6.07) is 32.3. The third-order valence-corrected chi connectivity index (χ3v) is 10.6. The Balaban J connectivity index is 1.90. The van der Waals surface area contributed by atoms with E-state index in [1.807, 2.05) is 0 Å². The lowest BCUT2D eigenvalue weighted by Crippen LogP contribution is -2.66. The second kappa shape index (κ2) is 9.90. The summed E-state index contributed by atoms with van der Waals surface area (Å²) in [4.78, 5) is 18.1. The van der Waals surface area contributed by atoms with Crippen LogP contribution in [-0.2, 0) is 9.63 Å². The van der Waals surface area contributed by atoms with Crippen molar-refractivity contribution in [2.45, 2.75) is 31.7 Å². The Kier molecular flexibility index (Phi) is 6.80. The van der Waals surface area contributed by atoms with Crippen molar-refractivity contribution in [1.82, 2.24) is 5.06 Å². The molecule has 1 aliphatic rings. The van der Waals surface area contributed by atoms with Crippen LogP contribution >= 0.6 is 0 Å². The Hall–Kier alpha value is -2.95. The van der Waals surface area contributed by atoms with Crippen molar-refractivity contribution in [2.24, 2.45) is 0 Å². The zero-order valence-corrected chi connectivity index (χ0v) is 19.0. The van der Waals surface area contributed by atoms with Crippen molar-refractivity contribution in [3.63, 3.8) is 0 Å². The van der Waals surface area contributed by atoms with E-state index < -0.39 is 8.07 Å². The second-order valence-corrected chi connectivity index (χ2v) is 11.7. The third-order valence-electron chi connectivity index (χ3n) is 6.14. The predicted octanol–water partition coefficient (Wildman–Crippen LogP) is 3.58. The van der Waals surface area contributed by atoms with Crippen LogP contribution in [0, 0.1) is 0 Å². The number of nitrogens with zero attached hydrogens (tertiary/aromatic N) is 1. The molecule has 1 unspecified atom stereocenters. The molecule has 1 saturated heterocycles. The normalized spacial score (nSPS) is 17.6. The zero-order chi connectivity index (χ0) is 21.5. The van der Waals surface area contributed by atoms with E-state index in [1.165, 1.54) is 15.6 Å². The van der Waals surface area contributed by atoms with Crippen molar-refractivity contribution in [3.05, 3.63) is 103 Å². The Morgan fingerprint density at radius 1 is 0.806 bits per heavy atom. The molecule has 0 N–H and O–H groups in total. The monoisotopic (exact) mass is 427 g/mol. The summed E-state index contributed by atoms with van der Waals surface area (Å²) in [7, 11) is -0.865. The molecular formula is C27H29NO2Si. The lowest BCUT2D eigenvalue weighted by molar-refractivity contribution is -0.182. The van der Waals surface area contributed by atoms with Gasteiger partial charge in [-0.05, 0) is 28.4 Å². The van der Waals surface area contributed by atoms with Gasteiger partial charge in [0.2, 0.25) is 5.91 Å². The SMILES string of the molecule is CON1C(=O)CCCCC1/C=C/[Si](c1ccccc1)(c1ccccc1)c1ccccc1. The molecule has 3 nitrogen and oxygen atoms in total. The highest BCUT2D eigenvalue weighted by atomic mass is 28.3. The van der Waals surface area contributed by atoms with Crippen molar-refractivity contribution in [3.8, 4) is 0 Å². The number of hydrogen-bond acceptors (Lipinski definition) is 2. The Bertz CT molecular complexity index is 909. The van der Waals surface area contributed by atoms with Crippen LogP contribution in [-0.4, -0.2) is 32.2 Å². The average molecular weight is 428 g/mol. The van der Waals surface area contributed by atoms with E-state index in [1.54, 1.807) is 12.2 Å². The fraction of sp³-hybridized carbons (Fsp3) is 0.222. The average Bonchev–Trinajstić information content (AvgIpc) is 3.02. The van der Waals surface area contributed by atoms with Crippen LogP contribution in [0.1, 0.15) is 25.7 Å². The Labute approximate surface area is 186 Å². The fourth-order valence-electron chi connectivity index (χ4n) is 4.60. The van der Waals surface area contributed by atoms with Crippen molar-refractivity contribution in [2.75, 3.05) is 7.11 Å². The van der Waals surface area contributed by atoms with Crippen LogP contribution in [0.2, 0.25) is 0 Å². The van der Waals surface area contributed by atoms with Gasteiger partial charge in [-0.1, -0.05) is 109 Å². The summed E-state index contributed by atoms with van der Waals surface area (Å²) < 4.78 is 0. The Morgan fingerprint density at radius 2 is 1.29 bits per heavy atom. The number of hydrogen-bond donors (Lipinski definition) is 0. The largest absolute Gasteiger partial charge is 0.274 e. The summed E-state index contributed by atoms with van der Waals surface area (Å²) in [6.45, 7) is 0. The molecule has 0 bridgehead atoms. The molecule has 0 saturated carbocycles. The highest BCUT2D eigenvalue weighted by molar-refractivity contribution is 7.14. The van der Waals surface area contributed by atoms with Gasteiger partial charge in [0.1, 0.15) is 0 Å². The number of rotatable bonds is 6. The van der Waals surface area contributed by atoms with E-state index in [9.17, 15) is 4.79 Å². The van der Waals surface area contributed by atoms with Gasteiger partial charge >= 0.3 is 0 Å². The summed E-state index contributed by atoms with van der Waals surface area (Å²) >= 11 is 0. The number of amides is 1. The predicted molar refractivity (Wildman–Crippen MR) is 129 cm³/mol. The molecule has 1 aliphatic heterocycles. The molecule has 158 valence electrons. The molecular weight excluding hydrogens is 398 g/mol. The quantitative estimate of drug-likeness (QED) is 0.445. The molecule has 4 rings (SSSR count).